The van der Waals surface area contributed by atoms with E-state index in [1.54, 1.807) is 11.1 Å². The lowest BCUT2D eigenvalue weighted by Crippen LogP contribution is -2.44. The van der Waals surface area contributed by atoms with E-state index >= 15 is 0 Å². The molecule has 2 aliphatic rings. The van der Waals surface area contributed by atoms with Gasteiger partial charge in [0.1, 0.15) is 6.10 Å². The van der Waals surface area contributed by atoms with Crippen molar-refractivity contribution in [3.8, 4) is 11.1 Å². The first-order valence-corrected chi connectivity index (χ1v) is 14.4. The maximum atomic E-state index is 12.6. The molecular formula is C29H35N3O4S. The van der Waals surface area contributed by atoms with E-state index in [-0.39, 0.29) is 24.0 Å². The van der Waals surface area contributed by atoms with Crippen LogP contribution < -0.4 is 0 Å². The molecule has 0 bridgehead atoms. The molecule has 1 aromatic heterocycles. The molecule has 2 fully saturated rings. The number of benzene rings is 2. The smallest absolute Gasteiger partial charge is 0.410 e. The zero-order valence-corrected chi connectivity index (χ0v) is 22.3. The van der Waals surface area contributed by atoms with E-state index in [1.807, 2.05) is 74.5 Å². The molecule has 37 heavy (non-hydrogen) atoms. The summed E-state index contributed by atoms with van der Waals surface area (Å²) in [6, 6.07) is 24.2. The van der Waals surface area contributed by atoms with E-state index in [1.165, 1.54) is 4.31 Å². The summed E-state index contributed by atoms with van der Waals surface area (Å²) < 4.78 is 31.0. The standard InChI is InChI=1S/C23H29N3O4S.C6H6/c1-17-16-21(8-11-24-17)20-6-4-19(5-7-20)18(2)26-14-10-22(30-23(26)27)9-13-25-12-3-15-31(25,28)29;1-2-4-6-5-3-1/h4-8,11,16,18,22H,3,9-10,12-15H2,1-2H3;1-6H/t18-,22+;/m0./s1. The second-order valence-electron chi connectivity index (χ2n) is 9.48. The minimum absolute atomic E-state index is 0.0966. The fraction of sp³-hybridized carbons (Fsp3) is 0.379. The number of hydrogen-bond acceptors (Lipinski definition) is 5. The summed E-state index contributed by atoms with van der Waals surface area (Å²) in [7, 11) is -3.11. The Balaban J connectivity index is 0.000000469. The number of ether oxygens (including phenoxy) is 1. The number of carbonyl (C=O) groups is 1. The molecule has 5 rings (SSSR count). The molecule has 2 aliphatic heterocycles. The van der Waals surface area contributed by atoms with Crippen molar-refractivity contribution in [1.82, 2.24) is 14.2 Å². The maximum Gasteiger partial charge on any atom is 0.410 e. The molecule has 8 heteroatoms. The highest BCUT2D eigenvalue weighted by molar-refractivity contribution is 7.89. The van der Waals surface area contributed by atoms with Gasteiger partial charge in [-0.1, -0.05) is 60.7 Å². The number of pyridine rings is 1. The van der Waals surface area contributed by atoms with Crippen molar-refractivity contribution >= 4 is 16.1 Å². The minimum atomic E-state index is -3.11. The third kappa shape index (κ3) is 7.17. The van der Waals surface area contributed by atoms with Crippen LogP contribution in [0.2, 0.25) is 0 Å². The van der Waals surface area contributed by atoms with Crippen LogP contribution in [0.3, 0.4) is 0 Å². The van der Waals surface area contributed by atoms with Crippen LogP contribution in [-0.2, 0) is 14.8 Å². The minimum Gasteiger partial charge on any atom is -0.446 e. The number of nitrogens with zero attached hydrogens (tertiary/aromatic N) is 3. The number of amides is 1. The molecule has 196 valence electrons. The van der Waals surface area contributed by atoms with Gasteiger partial charge in [0.2, 0.25) is 10.0 Å². The Hall–Kier alpha value is -3.23. The molecule has 2 atom stereocenters. The number of cyclic esters (lactones) is 1. The summed E-state index contributed by atoms with van der Waals surface area (Å²) in [4.78, 5) is 18.6. The first-order chi connectivity index (χ1) is 17.8. The molecule has 0 unspecified atom stereocenters. The normalized spacial score (nSPS) is 20.0. The average Bonchev–Trinajstić information content (AvgIpc) is 3.26. The van der Waals surface area contributed by atoms with E-state index in [0.717, 1.165) is 22.4 Å². The van der Waals surface area contributed by atoms with E-state index in [9.17, 15) is 13.2 Å². The molecule has 0 N–H and O–H groups in total. The fourth-order valence-electron chi connectivity index (χ4n) is 4.67. The Bertz CT molecular complexity index is 1240. The van der Waals surface area contributed by atoms with Crippen molar-refractivity contribution in [2.75, 3.05) is 25.4 Å². The highest BCUT2D eigenvalue weighted by atomic mass is 32.2. The Morgan fingerprint density at radius 3 is 2.24 bits per heavy atom. The van der Waals surface area contributed by atoms with Crippen LogP contribution in [0.4, 0.5) is 4.79 Å². The van der Waals surface area contributed by atoms with Gasteiger partial charge in [0.05, 0.1) is 11.8 Å². The largest absolute Gasteiger partial charge is 0.446 e. The van der Waals surface area contributed by atoms with Gasteiger partial charge >= 0.3 is 6.09 Å². The Morgan fingerprint density at radius 1 is 1.00 bits per heavy atom. The van der Waals surface area contributed by atoms with Crippen molar-refractivity contribution in [2.45, 2.75) is 45.3 Å². The molecule has 2 aromatic carbocycles. The predicted molar refractivity (Wildman–Crippen MR) is 145 cm³/mol. The molecule has 0 aliphatic carbocycles. The van der Waals surface area contributed by atoms with Crippen molar-refractivity contribution in [2.24, 2.45) is 0 Å². The summed E-state index contributed by atoms with van der Waals surface area (Å²) in [5.74, 6) is 0.225. The van der Waals surface area contributed by atoms with Crippen LogP contribution >= 0.6 is 0 Å². The fourth-order valence-corrected chi connectivity index (χ4v) is 6.22. The molecule has 0 radical (unpaired) electrons. The molecule has 7 nitrogen and oxygen atoms in total. The van der Waals surface area contributed by atoms with E-state index in [4.69, 9.17) is 4.74 Å². The van der Waals surface area contributed by atoms with Gasteiger partial charge in [-0.05, 0) is 55.5 Å². The molecule has 1 amide bonds. The third-order valence-corrected chi connectivity index (χ3v) is 8.81. The molecule has 3 heterocycles. The van der Waals surface area contributed by atoms with Crippen LogP contribution in [0, 0.1) is 6.92 Å². The molecule has 0 saturated carbocycles. The highest BCUT2D eigenvalue weighted by Crippen LogP contribution is 2.28. The van der Waals surface area contributed by atoms with Gasteiger partial charge in [-0.15, -0.1) is 0 Å². The summed E-state index contributed by atoms with van der Waals surface area (Å²) in [5, 5.41) is 0. The monoisotopic (exact) mass is 521 g/mol. The van der Waals surface area contributed by atoms with Crippen LogP contribution in [-0.4, -0.2) is 60.2 Å². The zero-order chi connectivity index (χ0) is 26.3. The van der Waals surface area contributed by atoms with E-state index in [2.05, 4.69) is 17.1 Å². The Morgan fingerprint density at radius 2 is 1.68 bits per heavy atom. The van der Waals surface area contributed by atoms with Crippen molar-refractivity contribution < 1.29 is 17.9 Å². The number of aromatic nitrogens is 1. The van der Waals surface area contributed by atoms with Crippen LogP contribution in [0.1, 0.15) is 43.5 Å². The van der Waals surface area contributed by atoms with Gasteiger partial charge < -0.3 is 9.64 Å². The second kappa shape index (κ2) is 12.3. The van der Waals surface area contributed by atoms with Crippen LogP contribution in [0.25, 0.3) is 11.1 Å². The summed E-state index contributed by atoms with van der Waals surface area (Å²) in [5.41, 5.74) is 4.25. The van der Waals surface area contributed by atoms with Gasteiger partial charge in [-0.25, -0.2) is 17.5 Å². The number of carbonyl (C=O) groups excluding carboxylic acids is 1. The number of hydrogen-bond donors (Lipinski definition) is 0. The quantitative estimate of drug-likeness (QED) is 0.432. The molecular weight excluding hydrogens is 486 g/mol. The average molecular weight is 522 g/mol. The third-order valence-electron chi connectivity index (χ3n) is 6.85. The lowest BCUT2D eigenvalue weighted by atomic mass is 10.0. The van der Waals surface area contributed by atoms with Crippen molar-refractivity contribution in [1.29, 1.82) is 0 Å². The van der Waals surface area contributed by atoms with Crippen molar-refractivity contribution in [3.05, 3.63) is 90.3 Å². The summed E-state index contributed by atoms with van der Waals surface area (Å²) in [6.07, 6.45) is 3.18. The van der Waals surface area contributed by atoms with E-state index in [0.29, 0.717) is 38.9 Å². The number of aryl methyl sites for hydroxylation is 1. The first-order valence-electron chi connectivity index (χ1n) is 12.8. The first kappa shape index (κ1) is 26.8. The van der Waals surface area contributed by atoms with Crippen molar-refractivity contribution in [3.63, 3.8) is 0 Å². The number of sulfonamides is 1. The summed E-state index contributed by atoms with van der Waals surface area (Å²) >= 11 is 0. The summed E-state index contributed by atoms with van der Waals surface area (Å²) in [6.45, 7) is 5.57. The van der Waals surface area contributed by atoms with Gasteiger partial charge in [-0.3, -0.25) is 4.98 Å². The SMILES string of the molecule is Cc1cc(-c2ccc([C@H](C)N3CC[C@@H](CCN4CCCS4(=O)=O)OC3=O)cc2)ccn1.c1ccccc1. The molecule has 2 saturated heterocycles. The topological polar surface area (TPSA) is 79.8 Å². The van der Waals surface area contributed by atoms with E-state index < -0.39 is 10.0 Å². The second-order valence-corrected chi connectivity index (χ2v) is 11.6. The Kier molecular flexibility index (Phi) is 8.95. The highest BCUT2D eigenvalue weighted by Gasteiger charge is 2.33. The van der Waals surface area contributed by atoms with Gasteiger partial charge in [0, 0.05) is 37.9 Å². The molecule has 3 aromatic rings. The predicted octanol–water partition coefficient (Wildman–Crippen LogP) is 5.44. The van der Waals surface area contributed by atoms with Crippen LogP contribution in [0.15, 0.2) is 79.0 Å². The van der Waals surface area contributed by atoms with Gasteiger partial charge in [0.25, 0.3) is 0 Å². The maximum absolute atomic E-state index is 12.6. The Labute approximate surface area is 220 Å². The van der Waals surface area contributed by atoms with Gasteiger partial charge in [-0.2, -0.15) is 0 Å². The number of rotatable bonds is 6. The van der Waals surface area contributed by atoms with Crippen LogP contribution in [0.5, 0.6) is 0 Å². The van der Waals surface area contributed by atoms with Gasteiger partial charge in [0.15, 0.2) is 0 Å². The lowest BCUT2D eigenvalue weighted by Gasteiger charge is -2.36. The zero-order valence-electron chi connectivity index (χ0n) is 21.5. The molecule has 0 spiro atoms. The lowest BCUT2D eigenvalue weighted by molar-refractivity contribution is 0.00863.